The molecule has 1 aromatic heterocycles. The molecule has 0 fully saturated rings. The second-order valence-electron chi connectivity index (χ2n) is 3.94. The largest absolute Gasteiger partial charge is 0.326 e. The fraction of sp³-hybridized carbons (Fsp3) is 0.273. The average Bonchev–Trinajstić information content (AvgIpc) is 2.23. The van der Waals surface area contributed by atoms with E-state index < -0.39 is 5.82 Å². The Kier molecular flexibility index (Phi) is 3.13. The van der Waals surface area contributed by atoms with Gasteiger partial charge in [-0.05, 0) is 30.7 Å². The summed E-state index contributed by atoms with van der Waals surface area (Å²) < 4.78 is 14.3. The summed E-state index contributed by atoms with van der Waals surface area (Å²) in [5.41, 5.74) is 5.57. The molecule has 0 saturated heterocycles. The zero-order valence-corrected chi connectivity index (χ0v) is 9.91. The van der Waals surface area contributed by atoms with Gasteiger partial charge in [-0.15, -0.1) is 0 Å². The highest BCUT2D eigenvalue weighted by atomic mass is 35.5. The first-order valence-corrected chi connectivity index (χ1v) is 5.48. The molecule has 0 bridgehead atoms. The molecule has 0 aliphatic carbocycles. The van der Waals surface area contributed by atoms with E-state index in [1.807, 2.05) is 0 Å². The van der Waals surface area contributed by atoms with Crippen molar-refractivity contribution < 1.29 is 4.39 Å². The zero-order chi connectivity index (χ0) is 12.6. The van der Waals surface area contributed by atoms with Gasteiger partial charge in [-0.25, -0.2) is 9.37 Å². The van der Waals surface area contributed by atoms with Crippen molar-refractivity contribution in [3.05, 3.63) is 39.7 Å². The molecule has 90 valence electrons. The van der Waals surface area contributed by atoms with E-state index in [9.17, 15) is 9.18 Å². The molecule has 17 heavy (non-hydrogen) atoms. The predicted molar refractivity (Wildman–Crippen MR) is 64.6 cm³/mol. The molecular weight excluding hydrogens is 245 g/mol. The summed E-state index contributed by atoms with van der Waals surface area (Å²) in [5, 5.41) is 0.349. The number of benzene rings is 1. The molecule has 1 heterocycles. The third-order valence-electron chi connectivity index (χ3n) is 2.34. The fourth-order valence-corrected chi connectivity index (χ4v) is 1.85. The van der Waals surface area contributed by atoms with Crippen molar-refractivity contribution >= 4 is 22.5 Å². The van der Waals surface area contributed by atoms with Crippen molar-refractivity contribution in [3.63, 3.8) is 0 Å². The van der Waals surface area contributed by atoms with E-state index in [0.29, 0.717) is 5.39 Å². The third kappa shape index (κ3) is 2.30. The van der Waals surface area contributed by atoms with Gasteiger partial charge in [0.1, 0.15) is 5.82 Å². The Labute approximate surface area is 102 Å². The van der Waals surface area contributed by atoms with Crippen LogP contribution in [-0.4, -0.2) is 15.6 Å². The van der Waals surface area contributed by atoms with Crippen LogP contribution in [0.4, 0.5) is 4.39 Å². The lowest BCUT2D eigenvalue weighted by atomic mass is 10.2. The van der Waals surface area contributed by atoms with Crippen LogP contribution in [0.1, 0.15) is 6.92 Å². The van der Waals surface area contributed by atoms with Crippen molar-refractivity contribution in [2.24, 2.45) is 5.73 Å². The fourth-order valence-electron chi connectivity index (χ4n) is 1.61. The standard InChI is InChI=1S/C11H11ClFN3O/c1-6(14)5-16-10(17)8-3-2-7(13)4-9(8)15-11(16)12/h2-4,6H,5,14H2,1H3. The summed E-state index contributed by atoms with van der Waals surface area (Å²) in [4.78, 5) is 16.0. The van der Waals surface area contributed by atoms with Crippen LogP contribution in [0.3, 0.4) is 0 Å². The molecule has 0 amide bonds. The van der Waals surface area contributed by atoms with E-state index in [4.69, 9.17) is 17.3 Å². The van der Waals surface area contributed by atoms with Crippen LogP contribution >= 0.6 is 11.6 Å². The molecule has 0 radical (unpaired) electrons. The van der Waals surface area contributed by atoms with E-state index in [-0.39, 0.29) is 28.9 Å². The Hall–Kier alpha value is -1.46. The van der Waals surface area contributed by atoms with Crippen molar-refractivity contribution in [1.82, 2.24) is 9.55 Å². The maximum Gasteiger partial charge on any atom is 0.262 e. The van der Waals surface area contributed by atoms with E-state index in [2.05, 4.69) is 4.98 Å². The minimum absolute atomic E-state index is 0.0189. The van der Waals surface area contributed by atoms with Crippen molar-refractivity contribution in [1.29, 1.82) is 0 Å². The number of halogens is 2. The molecular formula is C11H11ClFN3O. The van der Waals surface area contributed by atoms with Gasteiger partial charge in [-0.3, -0.25) is 9.36 Å². The molecule has 1 aromatic carbocycles. The summed E-state index contributed by atoms with van der Waals surface area (Å²) in [6.07, 6.45) is 0. The minimum Gasteiger partial charge on any atom is -0.326 e. The Bertz CT molecular complexity index is 624. The number of nitrogens with two attached hydrogens (primary N) is 1. The third-order valence-corrected chi connectivity index (χ3v) is 2.63. The SMILES string of the molecule is CC(N)Cn1c(Cl)nc2cc(F)ccc2c1=O. The molecule has 2 aromatic rings. The second-order valence-corrected chi connectivity index (χ2v) is 4.27. The summed E-state index contributed by atoms with van der Waals surface area (Å²) in [5.74, 6) is -0.453. The minimum atomic E-state index is -0.453. The van der Waals surface area contributed by atoms with Gasteiger partial charge >= 0.3 is 0 Å². The molecule has 2 N–H and O–H groups in total. The van der Waals surface area contributed by atoms with Gasteiger partial charge in [-0.2, -0.15) is 0 Å². The highest BCUT2D eigenvalue weighted by Gasteiger charge is 2.11. The van der Waals surface area contributed by atoms with E-state index >= 15 is 0 Å². The van der Waals surface area contributed by atoms with Crippen molar-refractivity contribution in [2.75, 3.05) is 0 Å². The number of hydrogen-bond acceptors (Lipinski definition) is 3. The highest BCUT2D eigenvalue weighted by Crippen LogP contribution is 2.13. The van der Waals surface area contributed by atoms with Gasteiger partial charge in [0.15, 0.2) is 0 Å². The summed E-state index contributed by atoms with van der Waals surface area (Å²) in [6, 6.07) is 3.58. The first-order valence-electron chi connectivity index (χ1n) is 5.10. The zero-order valence-electron chi connectivity index (χ0n) is 9.15. The van der Waals surface area contributed by atoms with Crippen molar-refractivity contribution in [2.45, 2.75) is 19.5 Å². The van der Waals surface area contributed by atoms with Gasteiger partial charge in [0.2, 0.25) is 5.28 Å². The first-order chi connectivity index (χ1) is 7.99. The molecule has 0 aliphatic rings. The topological polar surface area (TPSA) is 60.9 Å². The van der Waals surface area contributed by atoms with Crippen LogP contribution in [0.2, 0.25) is 5.28 Å². The van der Waals surface area contributed by atoms with Gasteiger partial charge < -0.3 is 5.73 Å². The summed E-state index contributed by atoms with van der Waals surface area (Å²) in [7, 11) is 0. The number of fused-ring (bicyclic) bond motifs is 1. The van der Waals surface area contributed by atoms with Crippen LogP contribution in [0.15, 0.2) is 23.0 Å². The molecule has 0 spiro atoms. The molecule has 2 rings (SSSR count). The number of rotatable bonds is 2. The Morgan fingerprint density at radius 3 is 2.94 bits per heavy atom. The number of hydrogen-bond donors (Lipinski definition) is 1. The monoisotopic (exact) mass is 255 g/mol. The van der Waals surface area contributed by atoms with Gasteiger partial charge in [0.25, 0.3) is 5.56 Å². The summed E-state index contributed by atoms with van der Waals surface area (Å²) >= 11 is 5.88. The Morgan fingerprint density at radius 2 is 2.29 bits per heavy atom. The van der Waals surface area contributed by atoms with Crippen LogP contribution in [0, 0.1) is 5.82 Å². The Morgan fingerprint density at radius 1 is 1.59 bits per heavy atom. The normalized spacial score (nSPS) is 12.9. The lowest BCUT2D eigenvalue weighted by molar-refractivity contribution is 0.570. The lowest BCUT2D eigenvalue weighted by Gasteiger charge is -2.11. The molecule has 1 unspecified atom stereocenters. The molecule has 1 atom stereocenters. The quantitative estimate of drug-likeness (QED) is 0.828. The average molecular weight is 256 g/mol. The van der Waals surface area contributed by atoms with Crippen LogP contribution < -0.4 is 11.3 Å². The maximum atomic E-state index is 13.0. The van der Waals surface area contributed by atoms with E-state index in [1.54, 1.807) is 6.92 Å². The van der Waals surface area contributed by atoms with Gasteiger partial charge in [-0.1, -0.05) is 0 Å². The molecule has 4 nitrogen and oxygen atoms in total. The molecule has 0 saturated carbocycles. The molecule has 6 heteroatoms. The van der Waals surface area contributed by atoms with Crippen molar-refractivity contribution in [3.8, 4) is 0 Å². The molecule has 0 aliphatic heterocycles. The smallest absolute Gasteiger partial charge is 0.262 e. The maximum absolute atomic E-state index is 13.0. The Balaban J connectivity index is 2.72. The van der Waals surface area contributed by atoms with E-state index in [0.717, 1.165) is 0 Å². The van der Waals surface area contributed by atoms with E-state index in [1.165, 1.54) is 22.8 Å². The first kappa shape index (κ1) is 12.0. The van der Waals surface area contributed by atoms with Crippen LogP contribution in [0.5, 0.6) is 0 Å². The number of aromatic nitrogens is 2. The summed E-state index contributed by atoms with van der Waals surface area (Å²) in [6.45, 7) is 2.04. The van der Waals surface area contributed by atoms with Crippen LogP contribution in [0.25, 0.3) is 10.9 Å². The van der Waals surface area contributed by atoms with Gasteiger partial charge in [0.05, 0.1) is 10.9 Å². The van der Waals surface area contributed by atoms with Crippen LogP contribution in [-0.2, 0) is 6.54 Å². The second kappa shape index (κ2) is 4.43. The van der Waals surface area contributed by atoms with Gasteiger partial charge in [0, 0.05) is 18.7 Å². The highest BCUT2D eigenvalue weighted by molar-refractivity contribution is 6.28. The predicted octanol–water partition coefficient (Wildman–Crippen LogP) is 1.54. The number of nitrogens with zero attached hydrogens (tertiary/aromatic N) is 2. The lowest BCUT2D eigenvalue weighted by Crippen LogP contribution is -2.31.